The fourth-order valence-corrected chi connectivity index (χ4v) is 4.59. The third-order valence-electron chi connectivity index (χ3n) is 4.17. The maximum Gasteiger partial charge on any atom is 0.236 e. The average Bonchev–Trinajstić information content (AvgIpc) is 2.86. The van der Waals surface area contributed by atoms with E-state index >= 15 is 0 Å². The number of carbonyl (C=O) groups is 1. The first-order chi connectivity index (χ1) is 10.4. The summed E-state index contributed by atoms with van der Waals surface area (Å²) < 4.78 is 23.2. The fraction of sp³-hybridized carbons (Fsp3) is 0.562. The summed E-state index contributed by atoms with van der Waals surface area (Å²) in [6.45, 7) is 4.67. The number of amides is 1. The van der Waals surface area contributed by atoms with E-state index in [0.29, 0.717) is 13.0 Å². The molecule has 0 aliphatic carbocycles. The minimum atomic E-state index is -2.97. The Kier molecular flexibility index (Phi) is 5.58. The Balaban J connectivity index is 1.90. The standard InChI is InChI=1S/C16H24N2O3S/c1-3-18(15-9-10-22(20,21)12-15)16(19)11-17-13(2)14-7-5-4-6-8-14/h4-8,13,15,17H,3,9-12H2,1-2H3. The Labute approximate surface area is 132 Å². The SMILES string of the molecule is CCN(C(=O)CNC(C)c1ccccc1)C1CCS(=O)(=O)C1. The Bertz CT molecular complexity index is 601. The number of nitrogens with zero attached hydrogens (tertiary/aromatic N) is 1. The van der Waals surface area contributed by atoms with Gasteiger partial charge in [-0.3, -0.25) is 4.79 Å². The van der Waals surface area contributed by atoms with Crippen molar-refractivity contribution in [3.8, 4) is 0 Å². The first kappa shape index (κ1) is 17.0. The molecule has 22 heavy (non-hydrogen) atoms. The van der Waals surface area contributed by atoms with E-state index < -0.39 is 9.84 Å². The molecule has 0 spiro atoms. The van der Waals surface area contributed by atoms with Crippen LogP contribution in [-0.2, 0) is 14.6 Å². The molecular formula is C16H24N2O3S. The Morgan fingerprint density at radius 1 is 1.36 bits per heavy atom. The van der Waals surface area contributed by atoms with Crippen LogP contribution in [0.2, 0.25) is 0 Å². The average molecular weight is 324 g/mol. The van der Waals surface area contributed by atoms with Gasteiger partial charge < -0.3 is 10.2 Å². The molecule has 0 aromatic heterocycles. The number of rotatable bonds is 6. The minimum absolute atomic E-state index is 0.0348. The van der Waals surface area contributed by atoms with E-state index in [1.54, 1.807) is 4.90 Å². The lowest BCUT2D eigenvalue weighted by molar-refractivity contribution is -0.132. The maximum atomic E-state index is 12.4. The molecule has 1 amide bonds. The van der Waals surface area contributed by atoms with E-state index in [9.17, 15) is 13.2 Å². The molecule has 1 aliphatic heterocycles. The molecule has 0 saturated carbocycles. The molecule has 1 aromatic rings. The van der Waals surface area contributed by atoms with Crippen molar-refractivity contribution in [3.63, 3.8) is 0 Å². The molecular weight excluding hydrogens is 300 g/mol. The van der Waals surface area contributed by atoms with E-state index in [2.05, 4.69) is 5.32 Å². The van der Waals surface area contributed by atoms with Crippen LogP contribution in [0.1, 0.15) is 31.9 Å². The van der Waals surface area contributed by atoms with Crippen LogP contribution in [0.25, 0.3) is 0 Å². The van der Waals surface area contributed by atoms with Gasteiger partial charge >= 0.3 is 0 Å². The third kappa shape index (κ3) is 4.30. The van der Waals surface area contributed by atoms with Gasteiger partial charge in [0.15, 0.2) is 9.84 Å². The van der Waals surface area contributed by atoms with Gasteiger partial charge in [0.05, 0.1) is 18.1 Å². The number of carbonyl (C=O) groups excluding carboxylic acids is 1. The Morgan fingerprint density at radius 3 is 2.59 bits per heavy atom. The van der Waals surface area contributed by atoms with Crippen molar-refractivity contribution in [2.45, 2.75) is 32.4 Å². The molecule has 2 atom stereocenters. The van der Waals surface area contributed by atoms with Crippen LogP contribution in [-0.4, -0.2) is 49.9 Å². The molecule has 122 valence electrons. The maximum absolute atomic E-state index is 12.4. The summed E-state index contributed by atoms with van der Waals surface area (Å²) in [4.78, 5) is 14.1. The zero-order valence-electron chi connectivity index (χ0n) is 13.2. The first-order valence-electron chi connectivity index (χ1n) is 7.71. The zero-order valence-corrected chi connectivity index (χ0v) is 14.0. The molecule has 1 aromatic carbocycles. The van der Waals surface area contributed by atoms with Crippen LogP contribution >= 0.6 is 0 Å². The van der Waals surface area contributed by atoms with Crippen molar-refractivity contribution < 1.29 is 13.2 Å². The summed E-state index contributed by atoms with van der Waals surface area (Å²) in [7, 11) is -2.97. The molecule has 1 aliphatic rings. The molecule has 1 fully saturated rings. The molecule has 6 heteroatoms. The van der Waals surface area contributed by atoms with Gasteiger partial charge in [-0.1, -0.05) is 30.3 Å². The van der Waals surface area contributed by atoms with Gasteiger partial charge in [-0.2, -0.15) is 0 Å². The molecule has 0 radical (unpaired) electrons. The van der Waals surface area contributed by atoms with E-state index in [1.807, 2.05) is 44.2 Å². The number of hydrogen-bond acceptors (Lipinski definition) is 4. The predicted molar refractivity (Wildman–Crippen MR) is 87.3 cm³/mol. The van der Waals surface area contributed by atoms with E-state index in [1.165, 1.54) is 0 Å². The van der Waals surface area contributed by atoms with Gasteiger partial charge in [-0.05, 0) is 25.8 Å². The highest BCUT2D eigenvalue weighted by Gasteiger charge is 2.33. The summed E-state index contributed by atoms with van der Waals surface area (Å²) in [5.41, 5.74) is 1.13. The van der Waals surface area contributed by atoms with Crippen LogP contribution < -0.4 is 5.32 Å². The lowest BCUT2D eigenvalue weighted by atomic mass is 10.1. The second kappa shape index (κ2) is 7.24. The molecule has 0 bridgehead atoms. The molecule has 2 rings (SSSR count). The summed E-state index contributed by atoms with van der Waals surface area (Å²) in [5, 5.41) is 3.22. The van der Waals surface area contributed by atoms with Crippen molar-refractivity contribution in [1.29, 1.82) is 0 Å². The molecule has 1 N–H and O–H groups in total. The second-order valence-electron chi connectivity index (χ2n) is 5.75. The molecule has 1 saturated heterocycles. The van der Waals surface area contributed by atoms with E-state index in [-0.39, 0.29) is 36.0 Å². The van der Waals surface area contributed by atoms with Gasteiger partial charge in [-0.25, -0.2) is 8.42 Å². The highest BCUT2D eigenvalue weighted by Crippen LogP contribution is 2.18. The molecule has 2 unspecified atom stereocenters. The zero-order chi connectivity index (χ0) is 16.2. The molecule has 5 nitrogen and oxygen atoms in total. The van der Waals surface area contributed by atoms with Gasteiger partial charge in [0.1, 0.15) is 0 Å². The topological polar surface area (TPSA) is 66.5 Å². The van der Waals surface area contributed by atoms with Crippen molar-refractivity contribution >= 4 is 15.7 Å². The fourth-order valence-electron chi connectivity index (χ4n) is 2.86. The number of nitrogens with one attached hydrogen (secondary N) is 1. The summed E-state index contributed by atoms with van der Waals surface area (Å²) in [5.74, 6) is 0.253. The van der Waals surface area contributed by atoms with Crippen LogP contribution in [0.5, 0.6) is 0 Å². The molecule has 1 heterocycles. The van der Waals surface area contributed by atoms with Crippen molar-refractivity contribution in [1.82, 2.24) is 10.2 Å². The third-order valence-corrected chi connectivity index (χ3v) is 5.92. The van der Waals surface area contributed by atoms with E-state index in [0.717, 1.165) is 5.56 Å². The summed E-state index contributed by atoms with van der Waals surface area (Å²) >= 11 is 0. The smallest absolute Gasteiger partial charge is 0.236 e. The number of likely N-dealkylation sites (N-methyl/N-ethyl adjacent to an activating group) is 1. The van der Waals surface area contributed by atoms with Crippen molar-refractivity contribution in [2.24, 2.45) is 0 Å². The lowest BCUT2D eigenvalue weighted by Gasteiger charge is -2.27. The van der Waals surface area contributed by atoms with Gasteiger partial charge in [0.25, 0.3) is 0 Å². The van der Waals surface area contributed by atoms with Crippen LogP contribution in [0.15, 0.2) is 30.3 Å². The monoisotopic (exact) mass is 324 g/mol. The van der Waals surface area contributed by atoms with Gasteiger partial charge in [-0.15, -0.1) is 0 Å². The van der Waals surface area contributed by atoms with E-state index in [4.69, 9.17) is 0 Å². The Hall–Kier alpha value is -1.40. The van der Waals surface area contributed by atoms with Gasteiger partial charge in [0.2, 0.25) is 5.91 Å². The highest BCUT2D eigenvalue weighted by atomic mass is 32.2. The first-order valence-corrected chi connectivity index (χ1v) is 9.53. The predicted octanol–water partition coefficient (Wildman–Crippen LogP) is 1.37. The van der Waals surface area contributed by atoms with Crippen molar-refractivity contribution in [3.05, 3.63) is 35.9 Å². The van der Waals surface area contributed by atoms with Crippen LogP contribution in [0.4, 0.5) is 0 Å². The number of hydrogen-bond donors (Lipinski definition) is 1. The Morgan fingerprint density at radius 2 is 2.05 bits per heavy atom. The number of sulfone groups is 1. The minimum Gasteiger partial charge on any atom is -0.338 e. The highest BCUT2D eigenvalue weighted by molar-refractivity contribution is 7.91. The summed E-state index contributed by atoms with van der Waals surface area (Å²) in [6, 6.07) is 9.84. The van der Waals surface area contributed by atoms with Crippen LogP contribution in [0.3, 0.4) is 0 Å². The largest absolute Gasteiger partial charge is 0.338 e. The summed E-state index contributed by atoms with van der Waals surface area (Å²) in [6.07, 6.45) is 0.552. The lowest BCUT2D eigenvalue weighted by Crippen LogP contribution is -2.45. The number of benzene rings is 1. The van der Waals surface area contributed by atoms with Crippen molar-refractivity contribution in [2.75, 3.05) is 24.6 Å². The van der Waals surface area contributed by atoms with Gasteiger partial charge in [0, 0.05) is 18.6 Å². The van der Waals surface area contributed by atoms with Crippen LogP contribution in [0, 0.1) is 0 Å². The normalized spacial score (nSPS) is 21.5. The second-order valence-corrected chi connectivity index (χ2v) is 7.98. The quantitative estimate of drug-likeness (QED) is 0.858.